The number of pyridine rings is 1. The molecule has 28 heavy (non-hydrogen) atoms. The lowest BCUT2D eigenvalue weighted by Crippen LogP contribution is -2.32. The van der Waals surface area contributed by atoms with Gasteiger partial charge < -0.3 is 15.5 Å². The van der Waals surface area contributed by atoms with Gasteiger partial charge in [0.2, 0.25) is 5.91 Å². The molecule has 0 saturated carbocycles. The molecular formula is C22H28N4O2. The zero-order valence-corrected chi connectivity index (χ0v) is 16.6. The minimum Gasteiger partial charge on any atom is -0.352 e. The van der Waals surface area contributed by atoms with Crippen LogP contribution < -0.4 is 10.6 Å². The van der Waals surface area contributed by atoms with Crippen LogP contribution in [0.4, 0.5) is 0 Å². The Labute approximate surface area is 166 Å². The van der Waals surface area contributed by atoms with Gasteiger partial charge in [-0.25, -0.2) is 0 Å². The second-order valence-corrected chi connectivity index (χ2v) is 7.33. The highest BCUT2D eigenvalue weighted by Gasteiger charge is 2.21. The van der Waals surface area contributed by atoms with Crippen LogP contribution in [0.5, 0.6) is 0 Å². The van der Waals surface area contributed by atoms with Crippen LogP contribution in [-0.2, 0) is 11.3 Å². The summed E-state index contributed by atoms with van der Waals surface area (Å²) < 4.78 is 0. The van der Waals surface area contributed by atoms with E-state index in [0.717, 1.165) is 29.7 Å². The molecule has 2 aromatic rings. The molecule has 3 rings (SSSR count). The van der Waals surface area contributed by atoms with Crippen LogP contribution in [0.25, 0.3) is 11.1 Å². The minimum atomic E-state index is -0.150. The molecule has 2 heterocycles. The SMILES string of the molecule is CC(=O)NCc1cccc(-c2cccnc2C(=O)NCC[C@@H]2CCCN2C)c1. The maximum Gasteiger partial charge on any atom is 0.270 e. The van der Waals surface area contributed by atoms with Gasteiger partial charge in [0, 0.05) is 37.8 Å². The number of nitrogens with one attached hydrogen (secondary N) is 2. The van der Waals surface area contributed by atoms with Crippen LogP contribution in [0.1, 0.15) is 42.2 Å². The van der Waals surface area contributed by atoms with Crippen molar-refractivity contribution in [3.63, 3.8) is 0 Å². The molecule has 1 fully saturated rings. The second kappa shape index (κ2) is 9.46. The number of rotatable bonds is 7. The number of hydrogen-bond acceptors (Lipinski definition) is 4. The summed E-state index contributed by atoms with van der Waals surface area (Å²) >= 11 is 0. The van der Waals surface area contributed by atoms with Crippen LogP contribution in [-0.4, -0.2) is 47.9 Å². The van der Waals surface area contributed by atoms with Crippen molar-refractivity contribution in [1.29, 1.82) is 0 Å². The highest BCUT2D eigenvalue weighted by molar-refractivity contribution is 5.98. The predicted molar refractivity (Wildman–Crippen MR) is 110 cm³/mol. The number of carbonyl (C=O) groups is 2. The van der Waals surface area contributed by atoms with Crippen LogP contribution in [0.15, 0.2) is 42.6 Å². The van der Waals surface area contributed by atoms with E-state index < -0.39 is 0 Å². The first-order chi connectivity index (χ1) is 13.5. The molecule has 1 aromatic carbocycles. The third kappa shape index (κ3) is 5.16. The molecule has 1 aromatic heterocycles. The lowest BCUT2D eigenvalue weighted by Gasteiger charge is -2.19. The van der Waals surface area contributed by atoms with Crippen molar-refractivity contribution < 1.29 is 9.59 Å². The number of aromatic nitrogens is 1. The average Bonchev–Trinajstić information content (AvgIpc) is 3.11. The van der Waals surface area contributed by atoms with Crippen molar-refractivity contribution in [1.82, 2.24) is 20.5 Å². The Hall–Kier alpha value is -2.73. The fraction of sp³-hybridized carbons (Fsp3) is 0.409. The first kappa shape index (κ1) is 20.0. The molecule has 2 N–H and O–H groups in total. The summed E-state index contributed by atoms with van der Waals surface area (Å²) in [7, 11) is 2.14. The molecule has 0 radical (unpaired) electrons. The molecule has 1 aliphatic rings. The van der Waals surface area contributed by atoms with E-state index in [1.54, 1.807) is 6.20 Å². The van der Waals surface area contributed by atoms with E-state index in [9.17, 15) is 9.59 Å². The summed E-state index contributed by atoms with van der Waals surface area (Å²) in [5.41, 5.74) is 3.12. The maximum absolute atomic E-state index is 12.7. The Morgan fingerprint density at radius 2 is 2.07 bits per heavy atom. The van der Waals surface area contributed by atoms with Crippen molar-refractivity contribution in [2.45, 2.75) is 38.8 Å². The number of likely N-dealkylation sites (tertiary alicyclic amines) is 1. The Morgan fingerprint density at radius 1 is 1.21 bits per heavy atom. The molecule has 0 spiro atoms. The van der Waals surface area contributed by atoms with E-state index in [1.165, 1.54) is 19.8 Å². The van der Waals surface area contributed by atoms with E-state index in [-0.39, 0.29) is 11.8 Å². The molecule has 0 bridgehead atoms. The van der Waals surface area contributed by atoms with E-state index in [4.69, 9.17) is 0 Å². The number of carbonyl (C=O) groups excluding carboxylic acids is 2. The summed E-state index contributed by atoms with van der Waals surface area (Å²) in [5.74, 6) is -0.219. The largest absolute Gasteiger partial charge is 0.352 e. The Balaban J connectivity index is 1.69. The molecule has 148 valence electrons. The lowest BCUT2D eigenvalue weighted by atomic mass is 10.0. The smallest absolute Gasteiger partial charge is 0.270 e. The molecular weight excluding hydrogens is 352 g/mol. The van der Waals surface area contributed by atoms with Gasteiger partial charge in [-0.2, -0.15) is 0 Å². The quantitative estimate of drug-likeness (QED) is 0.774. The van der Waals surface area contributed by atoms with Crippen molar-refractivity contribution in [2.75, 3.05) is 20.1 Å². The fourth-order valence-electron chi connectivity index (χ4n) is 3.67. The zero-order chi connectivity index (χ0) is 19.9. The predicted octanol–water partition coefficient (Wildman–Crippen LogP) is 2.60. The maximum atomic E-state index is 12.7. The second-order valence-electron chi connectivity index (χ2n) is 7.33. The molecule has 1 aliphatic heterocycles. The van der Waals surface area contributed by atoms with Gasteiger partial charge in [-0.1, -0.05) is 24.3 Å². The van der Waals surface area contributed by atoms with Gasteiger partial charge in [0.1, 0.15) is 5.69 Å². The molecule has 2 amide bonds. The molecule has 6 nitrogen and oxygen atoms in total. The van der Waals surface area contributed by atoms with E-state index in [0.29, 0.717) is 24.8 Å². The first-order valence-electron chi connectivity index (χ1n) is 9.82. The lowest BCUT2D eigenvalue weighted by molar-refractivity contribution is -0.119. The normalized spacial score (nSPS) is 16.7. The summed E-state index contributed by atoms with van der Waals surface area (Å²) in [6.07, 6.45) is 5.03. The summed E-state index contributed by atoms with van der Waals surface area (Å²) in [6.45, 7) is 3.74. The first-order valence-corrected chi connectivity index (χ1v) is 9.82. The number of benzene rings is 1. The van der Waals surface area contributed by atoms with Gasteiger partial charge in [0.25, 0.3) is 5.91 Å². The summed E-state index contributed by atoms with van der Waals surface area (Å²) in [5, 5.41) is 5.82. The standard InChI is InChI=1S/C22H28N4O2/c1-16(27)25-15-17-6-3-7-18(14-17)20-9-4-11-23-21(20)22(28)24-12-10-19-8-5-13-26(19)2/h3-4,6-7,9,11,14,19H,5,8,10,12-13,15H2,1-2H3,(H,24,28)(H,25,27)/t19-/m0/s1. The Morgan fingerprint density at radius 3 is 2.82 bits per heavy atom. The molecule has 0 unspecified atom stereocenters. The molecule has 6 heteroatoms. The van der Waals surface area contributed by atoms with Crippen molar-refractivity contribution >= 4 is 11.8 Å². The van der Waals surface area contributed by atoms with Crippen molar-refractivity contribution in [3.8, 4) is 11.1 Å². The van der Waals surface area contributed by atoms with Gasteiger partial charge >= 0.3 is 0 Å². The van der Waals surface area contributed by atoms with Gasteiger partial charge in [0.15, 0.2) is 0 Å². The van der Waals surface area contributed by atoms with Gasteiger partial charge in [-0.05, 0) is 56.1 Å². The van der Waals surface area contributed by atoms with Gasteiger partial charge in [-0.3, -0.25) is 14.6 Å². The highest BCUT2D eigenvalue weighted by atomic mass is 16.2. The Kier molecular flexibility index (Phi) is 6.76. The zero-order valence-electron chi connectivity index (χ0n) is 16.6. The third-order valence-electron chi connectivity index (χ3n) is 5.24. The van der Waals surface area contributed by atoms with E-state index in [1.807, 2.05) is 36.4 Å². The van der Waals surface area contributed by atoms with Gasteiger partial charge in [0.05, 0.1) is 0 Å². The average molecular weight is 380 g/mol. The topological polar surface area (TPSA) is 74.3 Å². The van der Waals surface area contributed by atoms with Crippen molar-refractivity contribution in [2.24, 2.45) is 0 Å². The summed E-state index contributed by atoms with van der Waals surface area (Å²) in [4.78, 5) is 30.6. The minimum absolute atomic E-state index is 0.0697. The highest BCUT2D eigenvalue weighted by Crippen LogP contribution is 2.23. The van der Waals surface area contributed by atoms with Crippen LogP contribution in [0, 0.1) is 0 Å². The van der Waals surface area contributed by atoms with Crippen molar-refractivity contribution in [3.05, 3.63) is 53.9 Å². The third-order valence-corrected chi connectivity index (χ3v) is 5.24. The fourth-order valence-corrected chi connectivity index (χ4v) is 3.67. The molecule has 1 saturated heterocycles. The van der Waals surface area contributed by atoms with Gasteiger partial charge in [-0.15, -0.1) is 0 Å². The van der Waals surface area contributed by atoms with Crippen LogP contribution in [0.2, 0.25) is 0 Å². The summed E-state index contributed by atoms with van der Waals surface area (Å²) in [6, 6.07) is 12.1. The molecule has 1 atom stereocenters. The monoisotopic (exact) mass is 380 g/mol. The number of nitrogens with zero attached hydrogens (tertiary/aromatic N) is 2. The van der Waals surface area contributed by atoms with Crippen LogP contribution >= 0.6 is 0 Å². The van der Waals surface area contributed by atoms with E-state index >= 15 is 0 Å². The number of amides is 2. The molecule has 0 aliphatic carbocycles. The number of hydrogen-bond donors (Lipinski definition) is 2. The van der Waals surface area contributed by atoms with Crippen LogP contribution in [0.3, 0.4) is 0 Å². The Bertz CT molecular complexity index is 837. The van der Waals surface area contributed by atoms with E-state index in [2.05, 4.69) is 27.6 Å².